The Labute approximate surface area is 125 Å². The lowest BCUT2D eigenvalue weighted by Gasteiger charge is -2.09. The molecule has 6 nitrogen and oxygen atoms in total. The number of nitrogens with two attached hydrogens (primary N) is 1. The number of carbonyl (C=O) groups is 1. The molecule has 0 aliphatic heterocycles. The van der Waals surface area contributed by atoms with Crippen LogP contribution in [0.5, 0.6) is 0 Å². The van der Waals surface area contributed by atoms with Gasteiger partial charge in [0.15, 0.2) is 0 Å². The molecule has 0 saturated heterocycles. The van der Waals surface area contributed by atoms with Gasteiger partial charge in [-0.25, -0.2) is 9.97 Å². The fourth-order valence-corrected chi connectivity index (χ4v) is 2.55. The van der Waals surface area contributed by atoms with Crippen LogP contribution in [0, 0.1) is 0 Å². The largest absolute Gasteiger partial charge is 0.344 e. The second kappa shape index (κ2) is 5.86. The van der Waals surface area contributed by atoms with E-state index in [9.17, 15) is 4.79 Å². The number of benzene rings is 1. The Morgan fingerprint density at radius 2 is 2.19 bits per heavy atom. The Kier molecular flexibility index (Phi) is 3.76. The number of anilines is 1. The van der Waals surface area contributed by atoms with Crippen molar-refractivity contribution in [2.24, 2.45) is 5.84 Å². The standard InChI is InChI=1S/C14H13N5OS/c15-19-11-7-12(18-10-4-2-1-3-9(10)11)14(20)17-8-13-16-5-6-21-13/h1-7H,8,15H2,(H,17,20)(H,18,19). The van der Waals surface area contributed by atoms with Gasteiger partial charge in [0.25, 0.3) is 5.91 Å². The van der Waals surface area contributed by atoms with Gasteiger partial charge >= 0.3 is 0 Å². The topological polar surface area (TPSA) is 92.9 Å². The molecule has 21 heavy (non-hydrogen) atoms. The first-order valence-electron chi connectivity index (χ1n) is 6.31. The van der Waals surface area contributed by atoms with Crippen molar-refractivity contribution in [3.05, 3.63) is 52.6 Å². The van der Waals surface area contributed by atoms with Crippen LogP contribution >= 0.6 is 11.3 Å². The van der Waals surface area contributed by atoms with Gasteiger partial charge in [-0.1, -0.05) is 18.2 Å². The van der Waals surface area contributed by atoms with Crippen molar-refractivity contribution < 1.29 is 4.79 Å². The van der Waals surface area contributed by atoms with E-state index in [1.54, 1.807) is 12.3 Å². The van der Waals surface area contributed by atoms with E-state index in [2.05, 4.69) is 20.7 Å². The zero-order valence-corrected chi connectivity index (χ0v) is 11.9. The molecule has 0 aliphatic rings. The van der Waals surface area contributed by atoms with Gasteiger partial charge in [-0.05, 0) is 12.1 Å². The van der Waals surface area contributed by atoms with E-state index in [-0.39, 0.29) is 5.91 Å². The summed E-state index contributed by atoms with van der Waals surface area (Å²) in [6.07, 6.45) is 1.71. The monoisotopic (exact) mass is 299 g/mol. The van der Waals surface area contributed by atoms with Crippen LogP contribution in [0.15, 0.2) is 41.9 Å². The highest BCUT2D eigenvalue weighted by molar-refractivity contribution is 7.09. The number of hydrazine groups is 1. The second-order valence-electron chi connectivity index (χ2n) is 4.33. The summed E-state index contributed by atoms with van der Waals surface area (Å²) < 4.78 is 0. The highest BCUT2D eigenvalue weighted by atomic mass is 32.1. The van der Waals surface area contributed by atoms with Gasteiger partial charge in [-0.15, -0.1) is 11.3 Å². The number of nitrogens with one attached hydrogen (secondary N) is 2. The lowest BCUT2D eigenvalue weighted by molar-refractivity contribution is 0.0946. The van der Waals surface area contributed by atoms with Gasteiger partial charge in [0, 0.05) is 17.0 Å². The maximum atomic E-state index is 12.2. The molecule has 0 aliphatic carbocycles. The molecule has 0 atom stereocenters. The number of nitrogens with zero attached hydrogens (tertiary/aromatic N) is 2. The quantitative estimate of drug-likeness (QED) is 0.505. The molecule has 0 saturated carbocycles. The molecule has 3 rings (SSSR count). The van der Waals surface area contributed by atoms with Crippen molar-refractivity contribution in [1.82, 2.24) is 15.3 Å². The lowest BCUT2D eigenvalue weighted by atomic mass is 10.1. The molecule has 0 spiro atoms. The third-order valence-electron chi connectivity index (χ3n) is 2.99. The summed E-state index contributed by atoms with van der Waals surface area (Å²) in [5, 5.41) is 6.38. The Balaban J connectivity index is 1.87. The number of aromatic nitrogens is 2. The van der Waals surface area contributed by atoms with Gasteiger partial charge in [0.1, 0.15) is 10.7 Å². The summed E-state index contributed by atoms with van der Waals surface area (Å²) in [6.45, 7) is 0.385. The molecule has 0 unspecified atom stereocenters. The van der Waals surface area contributed by atoms with Gasteiger partial charge in [-0.2, -0.15) is 0 Å². The Morgan fingerprint density at radius 3 is 2.95 bits per heavy atom. The number of nitrogen functional groups attached to an aromatic ring is 1. The van der Waals surface area contributed by atoms with Crippen LogP contribution in [0.4, 0.5) is 5.69 Å². The second-order valence-corrected chi connectivity index (χ2v) is 5.30. The summed E-state index contributed by atoms with van der Waals surface area (Å²) in [5.41, 5.74) is 4.30. The van der Waals surface area contributed by atoms with Crippen molar-refractivity contribution in [2.45, 2.75) is 6.54 Å². The Morgan fingerprint density at radius 1 is 1.33 bits per heavy atom. The normalized spacial score (nSPS) is 10.5. The van der Waals surface area contributed by atoms with Crippen molar-refractivity contribution in [3.63, 3.8) is 0 Å². The van der Waals surface area contributed by atoms with Crippen LogP contribution in [0.2, 0.25) is 0 Å². The SMILES string of the molecule is NNc1cc(C(=O)NCc2nccs2)nc2ccccc12. The van der Waals surface area contributed by atoms with Crippen molar-refractivity contribution in [1.29, 1.82) is 0 Å². The van der Waals surface area contributed by atoms with Crippen LogP contribution in [-0.2, 0) is 6.54 Å². The van der Waals surface area contributed by atoms with Crippen molar-refractivity contribution in [3.8, 4) is 0 Å². The number of fused-ring (bicyclic) bond motifs is 1. The molecule has 106 valence electrons. The smallest absolute Gasteiger partial charge is 0.270 e. The summed E-state index contributed by atoms with van der Waals surface area (Å²) in [4.78, 5) is 20.7. The molecule has 1 amide bonds. The third-order valence-corrected chi connectivity index (χ3v) is 3.77. The molecule has 2 heterocycles. The molecule has 2 aromatic heterocycles. The number of para-hydroxylation sites is 1. The lowest BCUT2D eigenvalue weighted by Crippen LogP contribution is -2.24. The highest BCUT2D eigenvalue weighted by Gasteiger charge is 2.11. The van der Waals surface area contributed by atoms with E-state index < -0.39 is 0 Å². The Hall–Kier alpha value is -2.51. The molecule has 0 radical (unpaired) electrons. The van der Waals surface area contributed by atoms with E-state index in [4.69, 9.17) is 5.84 Å². The average molecular weight is 299 g/mol. The minimum atomic E-state index is -0.257. The molecule has 3 aromatic rings. The molecular formula is C14H13N5OS. The first-order valence-corrected chi connectivity index (χ1v) is 7.19. The van der Waals surface area contributed by atoms with Crippen LogP contribution in [0.1, 0.15) is 15.5 Å². The zero-order valence-electron chi connectivity index (χ0n) is 11.0. The van der Waals surface area contributed by atoms with Crippen LogP contribution < -0.4 is 16.6 Å². The maximum Gasteiger partial charge on any atom is 0.270 e. The first kappa shape index (κ1) is 13.5. The number of hydrogen-bond acceptors (Lipinski definition) is 6. The van der Waals surface area contributed by atoms with Crippen molar-refractivity contribution in [2.75, 3.05) is 5.43 Å². The average Bonchev–Trinajstić information content (AvgIpc) is 3.04. The molecule has 7 heteroatoms. The van der Waals surface area contributed by atoms with Crippen molar-refractivity contribution >= 4 is 33.8 Å². The first-order chi connectivity index (χ1) is 10.3. The molecule has 1 aromatic carbocycles. The van der Waals surface area contributed by atoms with Gasteiger partial charge in [0.05, 0.1) is 17.7 Å². The Bertz CT molecular complexity index is 772. The predicted molar refractivity (Wildman–Crippen MR) is 82.8 cm³/mol. The maximum absolute atomic E-state index is 12.2. The number of hydrogen-bond donors (Lipinski definition) is 3. The van der Waals surface area contributed by atoms with Gasteiger partial charge in [0.2, 0.25) is 0 Å². The molecule has 4 N–H and O–H groups in total. The molecule has 0 bridgehead atoms. The fourth-order valence-electron chi connectivity index (χ4n) is 2.00. The number of pyridine rings is 1. The van der Waals surface area contributed by atoms with Gasteiger partial charge in [-0.3, -0.25) is 10.6 Å². The molecule has 0 fully saturated rings. The summed E-state index contributed by atoms with van der Waals surface area (Å²) >= 11 is 1.49. The summed E-state index contributed by atoms with van der Waals surface area (Å²) in [5.74, 6) is 5.26. The van der Waals surface area contributed by atoms with Crippen LogP contribution in [0.25, 0.3) is 10.9 Å². The minimum absolute atomic E-state index is 0.257. The van der Waals surface area contributed by atoms with E-state index in [0.717, 1.165) is 10.4 Å². The van der Waals surface area contributed by atoms with Gasteiger partial charge < -0.3 is 10.7 Å². The fraction of sp³-hybridized carbons (Fsp3) is 0.0714. The third kappa shape index (κ3) is 2.83. The predicted octanol–water partition coefficient (Wildman–Crippen LogP) is 1.91. The summed E-state index contributed by atoms with van der Waals surface area (Å²) in [7, 11) is 0. The van der Waals surface area contributed by atoms with E-state index in [1.807, 2.05) is 29.6 Å². The summed E-state index contributed by atoms with van der Waals surface area (Å²) in [6, 6.07) is 9.14. The number of carbonyl (C=O) groups excluding carboxylic acids is 1. The van der Waals surface area contributed by atoms with E-state index in [0.29, 0.717) is 23.4 Å². The van der Waals surface area contributed by atoms with E-state index in [1.165, 1.54) is 11.3 Å². The van der Waals surface area contributed by atoms with E-state index >= 15 is 0 Å². The highest BCUT2D eigenvalue weighted by Crippen LogP contribution is 2.22. The minimum Gasteiger partial charge on any atom is -0.344 e. The zero-order chi connectivity index (χ0) is 14.7. The van der Waals surface area contributed by atoms with Crippen LogP contribution in [0.3, 0.4) is 0 Å². The van der Waals surface area contributed by atoms with Crippen LogP contribution in [-0.4, -0.2) is 15.9 Å². The number of thiazole rings is 1. The number of amides is 1. The molecular weight excluding hydrogens is 286 g/mol. The number of rotatable bonds is 4.